The standard InChI is InChI=1S/C15H19N3O/c16-9-8-15(19)17-12-14(18-10-4-5-11-18)13-6-2-1-3-7-13/h1-3,6-7,14H,4-5,8,10-12H2,(H,17,19). The Balaban J connectivity index is 2.02. The molecule has 0 radical (unpaired) electrons. The topological polar surface area (TPSA) is 56.1 Å². The number of amides is 1. The second-order valence-corrected chi connectivity index (χ2v) is 4.81. The largest absolute Gasteiger partial charge is 0.353 e. The second kappa shape index (κ2) is 6.91. The van der Waals surface area contributed by atoms with Crippen LogP contribution in [-0.2, 0) is 4.79 Å². The van der Waals surface area contributed by atoms with E-state index in [0.29, 0.717) is 6.54 Å². The molecule has 2 rings (SSSR count). The molecule has 1 aliphatic heterocycles. The van der Waals surface area contributed by atoms with Gasteiger partial charge in [0, 0.05) is 6.54 Å². The Hall–Kier alpha value is -1.86. The van der Waals surface area contributed by atoms with Crippen molar-refractivity contribution in [2.24, 2.45) is 0 Å². The highest BCUT2D eigenvalue weighted by molar-refractivity contribution is 5.77. The fourth-order valence-corrected chi connectivity index (χ4v) is 2.53. The van der Waals surface area contributed by atoms with Gasteiger partial charge in [0.2, 0.25) is 5.91 Å². The first-order valence-electron chi connectivity index (χ1n) is 6.74. The maximum Gasteiger partial charge on any atom is 0.234 e. The minimum Gasteiger partial charge on any atom is -0.353 e. The summed E-state index contributed by atoms with van der Waals surface area (Å²) in [6, 6.07) is 12.3. The summed E-state index contributed by atoms with van der Waals surface area (Å²) >= 11 is 0. The van der Waals surface area contributed by atoms with Crippen LogP contribution < -0.4 is 5.32 Å². The number of nitrogens with zero attached hydrogens (tertiary/aromatic N) is 2. The minimum absolute atomic E-state index is 0.0679. The zero-order valence-electron chi connectivity index (χ0n) is 11.0. The van der Waals surface area contributed by atoms with Crippen molar-refractivity contribution >= 4 is 5.91 Å². The van der Waals surface area contributed by atoms with Gasteiger partial charge in [0.15, 0.2) is 0 Å². The molecule has 1 aliphatic rings. The van der Waals surface area contributed by atoms with Gasteiger partial charge >= 0.3 is 0 Å². The summed E-state index contributed by atoms with van der Waals surface area (Å²) in [4.78, 5) is 13.8. The fraction of sp³-hybridized carbons (Fsp3) is 0.467. The van der Waals surface area contributed by atoms with Crippen LogP contribution in [0, 0.1) is 11.3 Å². The quantitative estimate of drug-likeness (QED) is 0.876. The molecular weight excluding hydrogens is 238 g/mol. The van der Waals surface area contributed by atoms with E-state index >= 15 is 0 Å². The number of benzene rings is 1. The molecule has 0 bridgehead atoms. The predicted octanol–water partition coefficient (Wildman–Crippen LogP) is 1.85. The van der Waals surface area contributed by atoms with Crippen molar-refractivity contribution in [2.75, 3.05) is 19.6 Å². The van der Waals surface area contributed by atoms with Gasteiger partial charge in [-0.25, -0.2) is 0 Å². The Morgan fingerprint density at radius 1 is 1.32 bits per heavy atom. The smallest absolute Gasteiger partial charge is 0.234 e. The van der Waals surface area contributed by atoms with Gasteiger partial charge in [-0.05, 0) is 31.5 Å². The summed E-state index contributed by atoms with van der Waals surface area (Å²) in [5, 5.41) is 11.4. The Morgan fingerprint density at radius 3 is 2.63 bits per heavy atom. The Labute approximate surface area is 114 Å². The van der Waals surface area contributed by atoms with Crippen LogP contribution >= 0.6 is 0 Å². The number of nitrogens with one attached hydrogen (secondary N) is 1. The number of hydrogen-bond donors (Lipinski definition) is 1. The lowest BCUT2D eigenvalue weighted by atomic mass is 10.1. The van der Waals surface area contributed by atoms with E-state index in [9.17, 15) is 4.79 Å². The molecule has 4 nitrogen and oxygen atoms in total. The molecule has 0 spiro atoms. The number of rotatable bonds is 5. The van der Waals surface area contributed by atoms with Crippen molar-refractivity contribution in [1.82, 2.24) is 10.2 Å². The Bertz CT molecular complexity index is 446. The van der Waals surface area contributed by atoms with Crippen LogP contribution in [0.1, 0.15) is 30.9 Å². The molecule has 1 amide bonds. The van der Waals surface area contributed by atoms with E-state index in [1.165, 1.54) is 18.4 Å². The summed E-state index contributed by atoms with van der Waals surface area (Å²) in [7, 11) is 0. The second-order valence-electron chi connectivity index (χ2n) is 4.81. The van der Waals surface area contributed by atoms with Crippen LogP contribution in [0.2, 0.25) is 0 Å². The zero-order chi connectivity index (χ0) is 13.5. The monoisotopic (exact) mass is 257 g/mol. The lowest BCUT2D eigenvalue weighted by Crippen LogP contribution is -2.36. The van der Waals surface area contributed by atoms with E-state index < -0.39 is 0 Å². The molecule has 0 aliphatic carbocycles. The lowest BCUT2D eigenvalue weighted by Gasteiger charge is -2.28. The summed E-state index contributed by atoms with van der Waals surface area (Å²) in [6.45, 7) is 2.73. The van der Waals surface area contributed by atoms with Gasteiger partial charge in [-0.1, -0.05) is 30.3 Å². The minimum atomic E-state index is -0.192. The van der Waals surface area contributed by atoms with Gasteiger partial charge in [-0.15, -0.1) is 0 Å². The molecule has 4 heteroatoms. The van der Waals surface area contributed by atoms with E-state index in [-0.39, 0.29) is 18.4 Å². The molecule has 19 heavy (non-hydrogen) atoms. The van der Waals surface area contributed by atoms with Crippen molar-refractivity contribution < 1.29 is 4.79 Å². The summed E-state index contributed by atoms with van der Waals surface area (Å²) in [6.07, 6.45) is 2.37. The molecule has 1 atom stereocenters. The van der Waals surface area contributed by atoms with Gasteiger partial charge < -0.3 is 5.32 Å². The molecule has 1 fully saturated rings. The molecule has 1 N–H and O–H groups in total. The zero-order valence-corrected chi connectivity index (χ0v) is 11.0. The predicted molar refractivity (Wildman–Crippen MR) is 73.2 cm³/mol. The maximum absolute atomic E-state index is 11.4. The van der Waals surface area contributed by atoms with Crippen LogP contribution in [0.3, 0.4) is 0 Å². The molecule has 0 saturated carbocycles. The highest BCUT2D eigenvalue weighted by Gasteiger charge is 2.23. The molecule has 1 unspecified atom stereocenters. The fourth-order valence-electron chi connectivity index (χ4n) is 2.53. The summed E-state index contributed by atoms with van der Waals surface area (Å²) < 4.78 is 0. The van der Waals surface area contributed by atoms with Crippen LogP contribution in [0.5, 0.6) is 0 Å². The average molecular weight is 257 g/mol. The van der Waals surface area contributed by atoms with E-state index in [0.717, 1.165) is 13.1 Å². The molecular formula is C15H19N3O. The van der Waals surface area contributed by atoms with E-state index in [1.54, 1.807) is 0 Å². The third kappa shape index (κ3) is 3.80. The van der Waals surface area contributed by atoms with Crippen LogP contribution in [-0.4, -0.2) is 30.4 Å². The average Bonchev–Trinajstić information content (AvgIpc) is 2.94. The molecule has 1 saturated heterocycles. The van der Waals surface area contributed by atoms with Crippen LogP contribution in [0.15, 0.2) is 30.3 Å². The first-order chi connectivity index (χ1) is 9.31. The summed E-state index contributed by atoms with van der Waals surface area (Å²) in [5.74, 6) is -0.192. The molecule has 0 aromatic heterocycles. The normalized spacial score (nSPS) is 16.8. The van der Waals surface area contributed by atoms with Gasteiger partial charge in [0.25, 0.3) is 0 Å². The van der Waals surface area contributed by atoms with Gasteiger partial charge in [0.1, 0.15) is 6.42 Å². The third-order valence-electron chi connectivity index (χ3n) is 3.50. The summed E-state index contributed by atoms with van der Waals surface area (Å²) in [5.41, 5.74) is 1.22. The molecule has 1 aromatic rings. The van der Waals surface area contributed by atoms with Gasteiger partial charge in [-0.3, -0.25) is 9.69 Å². The van der Waals surface area contributed by atoms with E-state index in [2.05, 4.69) is 22.3 Å². The molecule has 1 heterocycles. The number of carbonyl (C=O) groups excluding carboxylic acids is 1. The maximum atomic E-state index is 11.4. The van der Waals surface area contributed by atoms with Crippen molar-refractivity contribution in [3.8, 4) is 6.07 Å². The third-order valence-corrected chi connectivity index (χ3v) is 3.50. The van der Waals surface area contributed by atoms with Crippen molar-refractivity contribution in [3.63, 3.8) is 0 Å². The SMILES string of the molecule is N#CCC(=O)NCC(c1ccccc1)N1CCCC1. The molecule has 100 valence electrons. The van der Waals surface area contributed by atoms with Crippen molar-refractivity contribution in [1.29, 1.82) is 5.26 Å². The van der Waals surface area contributed by atoms with Gasteiger partial charge in [0.05, 0.1) is 12.1 Å². The highest BCUT2D eigenvalue weighted by atomic mass is 16.1. The number of nitriles is 1. The Kier molecular flexibility index (Phi) is 4.93. The first-order valence-corrected chi connectivity index (χ1v) is 6.74. The van der Waals surface area contributed by atoms with Crippen LogP contribution in [0.4, 0.5) is 0 Å². The van der Waals surface area contributed by atoms with Crippen LogP contribution in [0.25, 0.3) is 0 Å². The number of likely N-dealkylation sites (tertiary alicyclic amines) is 1. The number of hydrogen-bond acceptors (Lipinski definition) is 3. The van der Waals surface area contributed by atoms with E-state index in [1.807, 2.05) is 24.3 Å². The number of carbonyl (C=O) groups is 1. The van der Waals surface area contributed by atoms with Crippen molar-refractivity contribution in [2.45, 2.75) is 25.3 Å². The van der Waals surface area contributed by atoms with Gasteiger partial charge in [-0.2, -0.15) is 5.26 Å². The van der Waals surface area contributed by atoms with E-state index in [4.69, 9.17) is 5.26 Å². The lowest BCUT2D eigenvalue weighted by molar-refractivity contribution is -0.120. The first kappa shape index (κ1) is 13.6. The molecule has 1 aromatic carbocycles. The Morgan fingerprint density at radius 2 is 2.00 bits per heavy atom. The van der Waals surface area contributed by atoms with Crippen molar-refractivity contribution in [3.05, 3.63) is 35.9 Å². The highest BCUT2D eigenvalue weighted by Crippen LogP contribution is 2.24.